The van der Waals surface area contributed by atoms with Crippen molar-refractivity contribution in [2.45, 2.75) is 0 Å². The van der Waals surface area contributed by atoms with Crippen LogP contribution in [0.2, 0.25) is 0 Å². The summed E-state index contributed by atoms with van der Waals surface area (Å²) in [6.45, 7) is -1.24. The van der Waals surface area contributed by atoms with E-state index in [0.717, 1.165) is 0 Å². The highest BCUT2D eigenvalue weighted by Crippen LogP contribution is 2.42. The molecule has 0 rings (SSSR count). The van der Waals surface area contributed by atoms with E-state index >= 15 is 0 Å². The maximum Gasteiger partial charge on any atom is 0.472 e. The van der Waals surface area contributed by atoms with Gasteiger partial charge < -0.3 is 15.1 Å². The Kier molecular flexibility index (Phi) is 5.67. The first kappa shape index (κ1) is 11.0. The van der Waals surface area contributed by atoms with Crippen molar-refractivity contribution in [3.63, 3.8) is 0 Å². The number of phosphoric ester groups is 1. The SMILES string of the molecule is O=P(O)(OCCO)OCCO. The molecule has 0 unspecified atom stereocenters. The van der Waals surface area contributed by atoms with Gasteiger partial charge in [-0.3, -0.25) is 9.05 Å². The second-order valence-electron chi connectivity index (χ2n) is 1.58. The summed E-state index contributed by atoms with van der Waals surface area (Å²) in [6, 6.07) is 0. The molecule has 0 bridgehead atoms. The molecular weight excluding hydrogens is 175 g/mol. The van der Waals surface area contributed by atoms with Gasteiger partial charge in [0.15, 0.2) is 0 Å². The molecule has 0 saturated heterocycles. The molecule has 0 saturated carbocycles. The highest BCUT2D eigenvalue weighted by atomic mass is 31.2. The van der Waals surface area contributed by atoms with Crippen molar-refractivity contribution < 1.29 is 28.7 Å². The topological polar surface area (TPSA) is 96.2 Å². The number of hydrogen-bond donors (Lipinski definition) is 3. The first-order chi connectivity index (χ1) is 5.12. The lowest BCUT2D eigenvalue weighted by atomic mass is 10.8. The summed E-state index contributed by atoms with van der Waals surface area (Å²) in [5.74, 6) is 0. The third-order valence-electron chi connectivity index (χ3n) is 0.691. The molecule has 0 aliphatic rings. The molecule has 6 nitrogen and oxygen atoms in total. The van der Waals surface area contributed by atoms with Crippen LogP contribution in [0.5, 0.6) is 0 Å². The van der Waals surface area contributed by atoms with Crippen LogP contribution in [-0.2, 0) is 13.6 Å². The monoisotopic (exact) mass is 186 g/mol. The van der Waals surface area contributed by atoms with E-state index in [4.69, 9.17) is 15.1 Å². The third kappa shape index (κ3) is 6.43. The van der Waals surface area contributed by atoms with E-state index in [-0.39, 0.29) is 26.4 Å². The van der Waals surface area contributed by atoms with Crippen molar-refractivity contribution in [1.29, 1.82) is 0 Å². The molecule has 0 amide bonds. The molecule has 7 heteroatoms. The molecule has 0 aromatic rings. The lowest BCUT2D eigenvalue weighted by Crippen LogP contribution is -2.02. The van der Waals surface area contributed by atoms with Gasteiger partial charge in [-0.1, -0.05) is 0 Å². The van der Waals surface area contributed by atoms with Gasteiger partial charge in [0.25, 0.3) is 0 Å². The maximum atomic E-state index is 10.6. The smallest absolute Gasteiger partial charge is 0.394 e. The van der Waals surface area contributed by atoms with Crippen molar-refractivity contribution in [2.24, 2.45) is 0 Å². The van der Waals surface area contributed by atoms with Crippen molar-refractivity contribution in [3.05, 3.63) is 0 Å². The molecule has 68 valence electrons. The van der Waals surface area contributed by atoms with Crippen LogP contribution < -0.4 is 0 Å². The van der Waals surface area contributed by atoms with Gasteiger partial charge >= 0.3 is 7.82 Å². The Bertz CT molecular complexity index is 125. The van der Waals surface area contributed by atoms with Crippen LogP contribution in [0.15, 0.2) is 0 Å². The van der Waals surface area contributed by atoms with E-state index in [2.05, 4.69) is 9.05 Å². The molecule has 0 spiro atoms. The zero-order valence-electron chi connectivity index (χ0n) is 5.84. The molecule has 0 aromatic carbocycles. The second kappa shape index (κ2) is 5.65. The number of rotatable bonds is 6. The normalized spacial score (nSPS) is 11.9. The Labute approximate surface area is 64.0 Å². The summed E-state index contributed by atoms with van der Waals surface area (Å²) in [7, 11) is -4.05. The zero-order chi connectivity index (χ0) is 8.74. The summed E-state index contributed by atoms with van der Waals surface area (Å²) >= 11 is 0. The Hall–Kier alpha value is 0.0300. The highest BCUT2D eigenvalue weighted by molar-refractivity contribution is 7.47. The summed E-state index contributed by atoms with van der Waals surface area (Å²) in [5.41, 5.74) is 0. The van der Waals surface area contributed by atoms with Gasteiger partial charge in [0.2, 0.25) is 0 Å². The van der Waals surface area contributed by atoms with E-state index in [0.29, 0.717) is 0 Å². The molecular formula is C4H11O6P. The second-order valence-corrected chi connectivity index (χ2v) is 3.04. The van der Waals surface area contributed by atoms with Gasteiger partial charge in [0.1, 0.15) is 0 Å². The number of hydrogen-bond acceptors (Lipinski definition) is 5. The zero-order valence-corrected chi connectivity index (χ0v) is 6.74. The van der Waals surface area contributed by atoms with Crippen LogP contribution in [0.4, 0.5) is 0 Å². The quantitative estimate of drug-likeness (QED) is 0.465. The fraction of sp³-hybridized carbons (Fsp3) is 1.00. The van der Waals surface area contributed by atoms with Gasteiger partial charge in [-0.15, -0.1) is 0 Å². The van der Waals surface area contributed by atoms with Crippen LogP contribution in [0.25, 0.3) is 0 Å². The molecule has 11 heavy (non-hydrogen) atoms. The van der Waals surface area contributed by atoms with Crippen LogP contribution in [0, 0.1) is 0 Å². The summed E-state index contributed by atoms with van der Waals surface area (Å²) in [6.07, 6.45) is 0. The highest BCUT2D eigenvalue weighted by Gasteiger charge is 2.19. The fourth-order valence-electron chi connectivity index (χ4n) is 0.350. The maximum absolute atomic E-state index is 10.6. The standard InChI is InChI=1S/C4H11O6P/c5-1-3-9-11(7,8)10-4-2-6/h5-6H,1-4H2,(H,7,8). The van der Waals surface area contributed by atoms with Crippen LogP contribution >= 0.6 is 7.82 Å². The Morgan fingerprint density at radius 1 is 1.09 bits per heavy atom. The minimum absolute atomic E-state index is 0.265. The Morgan fingerprint density at radius 3 is 1.73 bits per heavy atom. The molecule has 3 N–H and O–H groups in total. The van der Waals surface area contributed by atoms with Crippen molar-refractivity contribution >= 4 is 7.82 Å². The lowest BCUT2D eigenvalue weighted by Gasteiger charge is -2.09. The minimum atomic E-state index is -4.05. The predicted octanol–water partition coefficient (Wildman–Crippen LogP) is -0.895. The van der Waals surface area contributed by atoms with Gasteiger partial charge in [0, 0.05) is 0 Å². The van der Waals surface area contributed by atoms with E-state index in [1.807, 2.05) is 0 Å². The van der Waals surface area contributed by atoms with Crippen LogP contribution in [0.3, 0.4) is 0 Å². The number of phosphoric acid groups is 1. The van der Waals surface area contributed by atoms with E-state index in [1.165, 1.54) is 0 Å². The van der Waals surface area contributed by atoms with E-state index in [1.54, 1.807) is 0 Å². The molecule has 0 heterocycles. The minimum Gasteiger partial charge on any atom is -0.394 e. The fourth-order valence-corrected chi connectivity index (χ4v) is 1.05. The van der Waals surface area contributed by atoms with E-state index < -0.39 is 7.82 Å². The first-order valence-corrected chi connectivity index (χ1v) is 4.45. The first-order valence-electron chi connectivity index (χ1n) is 2.96. The molecule has 0 aromatic heterocycles. The Morgan fingerprint density at radius 2 is 1.45 bits per heavy atom. The summed E-state index contributed by atoms with van der Waals surface area (Å²) in [5, 5.41) is 16.4. The molecule has 0 radical (unpaired) electrons. The average Bonchev–Trinajstić information content (AvgIpc) is 1.97. The van der Waals surface area contributed by atoms with Gasteiger partial charge in [-0.25, -0.2) is 4.57 Å². The lowest BCUT2D eigenvalue weighted by molar-refractivity contribution is 0.107. The number of aliphatic hydroxyl groups excluding tert-OH is 2. The number of aliphatic hydroxyl groups is 2. The molecule has 0 aliphatic heterocycles. The van der Waals surface area contributed by atoms with E-state index in [9.17, 15) is 4.57 Å². The molecule has 0 aliphatic carbocycles. The Balaban J connectivity index is 3.53. The van der Waals surface area contributed by atoms with Crippen LogP contribution in [0.1, 0.15) is 0 Å². The predicted molar refractivity (Wildman–Crippen MR) is 35.9 cm³/mol. The van der Waals surface area contributed by atoms with Crippen molar-refractivity contribution in [3.8, 4) is 0 Å². The molecule has 0 atom stereocenters. The summed E-state index contributed by atoms with van der Waals surface area (Å²) < 4.78 is 19.0. The van der Waals surface area contributed by atoms with Crippen molar-refractivity contribution in [2.75, 3.05) is 26.4 Å². The largest absolute Gasteiger partial charge is 0.472 e. The summed E-state index contributed by atoms with van der Waals surface area (Å²) in [4.78, 5) is 8.67. The van der Waals surface area contributed by atoms with Gasteiger partial charge in [-0.2, -0.15) is 0 Å². The third-order valence-corrected chi connectivity index (χ3v) is 1.71. The van der Waals surface area contributed by atoms with Gasteiger partial charge in [-0.05, 0) is 0 Å². The average molecular weight is 186 g/mol. The molecule has 0 fully saturated rings. The van der Waals surface area contributed by atoms with Crippen molar-refractivity contribution in [1.82, 2.24) is 0 Å². The van der Waals surface area contributed by atoms with Gasteiger partial charge in [0.05, 0.1) is 26.4 Å². The van der Waals surface area contributed by atoms with Crippen LogP contribution in [-0.4, -0.2) is 41.5 Å².